The summed E-state index contributed by atoms with van der Waals surface area (Å²) < 4.78 is 7.60. The Morgan fingerprint density at radius 1 is 1.17 bits per heavy atom. The lowest BCUT2D eigenvalue weighted by atomic mass is 10.2. The van der Waals surface area contributed by atoms with Crippen molar-refractivity contribution in [3.05, 3.63) is 54.4 Å². The van der Waals surface area contributed by atoms with Gasteiger partial charge in [-0.15, -0.1) is 0 Å². The molecule has 2 N–H and O–H groups in total. The summed E-state index contributed by atoms with van der Waals surface area (Å²) in [6, 6.07) is 11.4. The molecule has 0 spiro atoms. The van der Waals surface area contributed by atoms with Gasteiger partial charge in [0.1, 0.15) is 11.5 Å². The first-order valence-corrected chi connectivity index (χ1v) is 5.70. The van der Waals surface area contributed by atoms with Crippen LogP contribution in [0, 0.1) is 6.92 Å². The minimum Gasteiger partial charge on any atom is -0.455 e. The van der Waals surface area contributed by atoms with Crippen molar-refractivity contribution < 1.29 is 4.74 Å². The van der Waals surface area contributed by atoms with Crippen molar-refractivity contribution in [2.75, 3.05) is 5.73 Å². The summed E-state index contributed by atoms with van der Waals surface area (Å²) in [5.74, 6) is 1.55. The maximum Gasteiger partial charge on any atom is 0.145 e. The second-order valence-electron chi connectivity index (χ2n) is 4.19. The Balaban J connectivity index is 1.95. The van der Waals surface area contributed by atoms with Crippen LogP contribution in [0.3, 0.4) is 0 Å². The SMILES string of the molecule is Cc1cc(N)ccc1Oc1ccc2ccnn2c1. The summed E-state index contributed by atoms with van der Waals surface area (Å²) in [7, 11) is 0. The number of hydrogen-bond donors (Lipinski definition) is 1. The fourth-order valence-corrected chi connectivity index (χ4v) is 1.87. The van der Waals surface area contributed by atoms with Gasteiger partial charge in [0.15, 0.2) is 0 Å². The number of ether oxygens (including phenoxy) is 1. The van der Waals surface area contributed by atoms with E-state index >= 15 is 0 Å². The number of hydrogen-bond acceptors (Lipinski definition) is 3. The highest BCUT2D eigenvalue weighted by atomic mass is 16.5. The summed E-state index contributed by atoms with van der Waals surface area (Å²) in [5, 5.41) is 4.17. The van der Waals surface area contributed by atoms with Crippen LogP contribution in [0.15, 0.2) is 48.8 Å². The van der Waals surface area contributed by atoms with Crippen LogP contribution in [0.1, 0.15) is 5.56 Å². The normalized spacial score (nSPS) is 10.7. The van der Waals surface area contributed by atoms with Gasteiger partial charge in [0.2, 0.25) is 0 Å². The molecule has 0 atom stereocenters. The summed E-state index contributed by atoms with van der Waals surface area (Å²) in [6.07, 6.45) is 3.61. The van der Waals surface area contributed by atoms with E-state index in [-0.39, 0.29) is 0 Å². The maximum absolute atomic E-state index is 5.83. The predicted molar refractivity (Wildman–Crippen MR) is 70.9 cm³/mol. The molecule has 0 fully saturated rings. The molecule has 3 aromatic rings. The second kappa shape index (κ2) is 4.07. The Labute approximate surface area is 105 Å². The smallest absolute Gasteiger partial charge is 0.145 e. The van der Waals surface area contributed by atoms with E-state index in [1.807, 2.05) is 49.5 Å². The standard InChI is InChI=1S/C14H13N3O/c1-10-8-11(15)2-5-14(10)18-13-4-3-12-6-7-16-17(12)9-13/h2-9H,15H2,1H3. The Morgan fingerprint density at radius 3 is 2.89 bits per heavy atom. The largest absolute Gasteiger partial charge is 0.455 e. The number of benzene rings is 1. The van der Waals surface area contributed by atoms with Gasteiger partial charge < -0.3 is 10.5 Å². The Morgan fingerprint density at radius 2 is 2.06 bits per heavy atom. The van der Waals surface area contributed by atoms with Crippen molar-refractivity contribution in [3.63, 3.8) is 0 Å². The van der Waals surface area contributed by atoms with Gasteiger partial charge in [-0.25, -0.2) is 4.52 Å². The Hall–Kier alpha value is -2.49. The molecule has 0 saturated carbocycles. The zero-order chi connectivity index (χ0) is 12.5. The average molecular weight is 239 g/mol. The second-order valence-corrected chi connectivity index (χ2v) is 4.19. The van der Waals surface area contributed by atoms with Crippen LogP contribution in [0.4, 0.5) is 5.69 Å². The van der Waals surface area contributed by atoms with Crippen LogP contribution in [-0.2, 0) is 0 Å². The number of anilines is 1. The molecular weight excluding hydrogens is 226 g/mol. The highest BCUT2D eigenvalue weighted by Gasteiger charge is 2.03. The van der Waals surface area contributed by atoms with E-state index in [2.05, 4.69) is 5.10 Å². The summed E-state index contributed by atoms with van der Waals surface area (Å²) >= 11 is 0. The number of fused-ring (bicyclic) bond motifs is 1. The Bertz CT molecular complexity index is 703. The molecule has 90 valence electrons. The highest BCUT2D eigenvalue weighted by molar-refractivity contribution is 5.50. The van der Waals surface area contributed by atoms with Gasteiger partial charge in [-0.2, -0.15) is 5.10 Å². The molecule has 2 aromatic heterocycles. The van der Waals surface area contributed by atoms with E-state index in [9.17, 15) is 0 Å². The minimum atomic E-state index is 0.738. The molecule has 2 heterocycles. The molecule has 0 bridgehead atoms. The number of aromatic nitrogens is 2. The summed E-state index contributed by atoms with van der Waals surface area (Å²) in [4.78, 5) is 0. The predicted octanol–water partition coefficient (Wildman–Crippen LogP) is 3.02. The minimum absolute atomic E-state index is 0.738. The van der Waals surface area contributed by atoms with Gasteiger partial charge in [-0.05, 0) is 48.9 Å². The molecule has 0 aliphatic heterocycles. The first kappa shape index (κ1) is 10.7. The lowest BCUT2D eigenvalue weighted by Crippen LogP contribution is -1.93. The maximum atomic E-state index is 5.83. The van der Waals surface area contributed by atoms with Gasteiger partial charge in [-0.1, -0.05) is 0 Å². The van der Waals surface area contributed by atoms with Gasteiger partial charge in [0.05, 0.1) is 11.7 Å². The lowest BCUT2D eigenvalue weighted by molar-refractivity contribution is 0.475. The van der Waals surface area contributed by atoms with Crippen LogP contribution in [-0.4, -0.2) is 9.61 Å². The first-order valence-electron chi connectivity index (χ1n) is 5.70. The van der Waals surface area contributed by atoms with Gasteiger partial charge in [0.25, 0.3) is 0 Å². The third-order valence-electron chi connectivity index (χ3n) is 2.80. The fraction of sp³-hybridized carbons (Fsp3) is 0.0714. The number of nitrogens with two attached hydrogens (primary N) is 1. The molecular formula is C14H13N3O. The zero-order valence-electron chi connectivity index (χ0n) is 10.00. The molecule has 3 rings (SSSR count). The van der Waals surface area contributed by atoms with Crippen LogP contribution in [0.25, 0.3) is 5.52 Å². The third kappa shape index (κ3) is 1.88. The van der Waals surface area contributed by atoms with E-state index in [1.165, 1.54) is 0 Å². The molecule has 0 aliphatic carbocycles. The zero-order valence-corrected chi connectivity index (χ0v) is 10.00. The highest BCUT2D eigenvalue weighted by Crippen LogP contribution is 2.26. The summed E-state index contributed by atoms with van der Waals surface area (Å²) in [6.45, 7) is 1.97. The van der Waals surface area contributed by atoms with Crippen molar-refractivity contribution in [1.82, 2.24) is 9.61 Å². The number of pyridine rings is 1. The van der Waals surface area contributed by atoms with Gasteiger partial charge in [-0.3, -0.25) is 0 Å². The lowest BCUT2D eigenvalue weighted by Gasteiger charge is -2.09. The van der Waals surface area contributed by atoms with Crippen molar-refractivity contribution >= 4 is 11.2 Å². The molecule has 1 aromatic carbocycles. The molecule has 4 nitrogen and oxygen atoms in total. The topological polar surface area (TPSA) is 52.5 Å². The number of rotatable bonds is 2. The quantitative estimate of drug-likeness (QED) is 0.699. The molecule has 0 unspecified atom stereocenters. The van der Waals surface area contributed by atoms with Crippen molar-refractivity contribution in [3.8, 4) is 11.5 Å². The molecule has 0 radical (unpaired) electrons. The van der Waals surface area contributed by atoms with E-state index in [1.54, 1.807) is 10.7 Å². The van der Waals surface area contributed by atoms with Crippen molar-refractivity contribution in [1.29, 1.82) is 0 Å². The van der Waals surface area contributed by atoms with E-state index in [0.717, 1.165) is 28.3 Å². The van der Waals surface area contributed by atoms with E-state index in [4.69, 9.17) is 10.5 Å². The van der Waals surface area contributed by atoms with E-state index < -0.39 is 0 Å². The van der Waals surface area contributed by atoms with Crippen LogP contribution in [0.5, 0.6) is 11.5 Å². The van der Waals surface area contributed by atoms with Crippen molar-refractivity contribution in [2.45, 2.75) is 6.92 Å². The summed E-state index contributed by atoms with van der Waals surface area (Å²) in [5.41, 5.74) is 8.50. The van der Waals surface area contributed by atoms with Crippen LogP contribution in [0.2, 0.25) is 0 Å². The monoisotopic (exact) mass is 239 g/mol. The number of aryl methyl sites for hydroxylation is 1. The van der Waals surface area contributed by atoms with Gasteiger partial charge >= 0.3 is 0 Å². The third-order valence-corrected chi connectivity index (χ3v) is 2.80. The molecule has 18 heavy (non-hydrogen) atoms. The van der Waals surface area contributed by atoms with Crippen molar-refractivity contribution in [2.24, 2.45) is 0 Å². The van der Waals surface area contributed by atoms with Crippen LogP contribution >= 0.6 is 0 Å². The first-order chi connectivity index (χ1) is 8.72. The Kier molecular flexibility index (Phi) is 2.41. The molecule has 0 aliphatic rings. The average Bonchev–Trinajstić information content (AvgIpc) is 2.80. The molecule has 0 saturated heterocycles. The number of nitrogen functional groups attached to an aromatic ring is 1. The van der Waals surface area contributed by atoms with E-state index in [0.29, 0.717) is 0 Å². The number of nitrogens with zero attached hydrogens (tertiary/aromatic N) is 2. The van der Waals surface area contributed by atoms with Gasteiger partial charge in [0, 0.05) is 11.9 Å². The molecule has 0 amide bonds. The molecule has 4 heteroatoms. The van der Waals surface area contributed by atoms with Crippen LogP contribution < -0.4 is 10.5 Å². The fourth-order valence-electron chi connectivity index (χ4n) is 1.87.